The molecule has 126 valence electrons. The first-order valence-electron chi connectivity index (χ1n) is 8.25. The van der Waals surface area contributed by atoms with Gasteiger partial charge in [0.1, 0.15) is 11.5 Å². The molecule has 26 heavy (non-hydrogen) atoms. The van der Waals surface area contributed by atoms with Gasteiger partial charge in [0.2, 0.25) is 0 Å². The second-order valence-corrected chi connectivity index (χ2v) is 7.45. The normalized spacial score (nSPS) is 10.6. The minimum atomic E-state index is 0. The molecular weight excluding hydrogens is 334 g/mol. The SMILES string of the molecule is Cc1cc(C)c(C(=O)Pc2ccc(Oc3ccccc3)cc2)c(C)c1.[Li+]. The smallest absolute Gasteiger partial charge is 0.457 e. The zero-order valence-corrected chi connectivity index (χ0v) is 16.7. The Labute approximate surface area is 168 Å². The van der Waals surface area contributed by atoms with Crippen LogP contribution < -0.4 is 28.9 Å². The van der Waals surface area contributed by atoms with E-state index in [4.69, 9.17) is 4.74 Å². The molecule has 0 aliphatic carbocycles. The zero-order valence-electron chi connectivity index (χ0n) is 15.7. The summed E-state index contributed by atoms with van der Waals surface area (Å²) < 4.78 is 5.79. The zero-order chi connectivity index (χ0) is 17.8. The van der Waals surface area contributed by atoms with Gasteiger partial charge in [-0.1, -0.05) is 48.0 Å². The number of aryl methyl sites for hydroxylation is 3. The first kappa shape index (κ1) is 20.5. The van der Waals surface area contributed by atoms with E-state index in [-0.39, 0.29) is 33.0 Å². The van der Waals surface area contributed by atoms with Crippen molar-refractivity contribution in [3.63, 3.8) is 0 Å². The third kappa shape index (κ3) is 5.09. The summed E-state index contributed by atoms with van der Waals surface area (Å²) in [6.07, 6.45) is 0. The molecule has 0 N–H and O–H groups in total. The molecule has 0 aliphatic rings. The number of carbonyl (C=O) groups is 1. The molecular formula is C22H21LiO2P+. The summed E-state index contributed by atoms with van der Waals surface area (Å²) in [6, 6.07) is 21.6. The van der Waals surface area contributed by atoms with Gasteiger partial charge < -0.3 is 4.74 Å². The molecule has 0 bridgehead atoms. The molecule has 0 aliphatic heterocycles. The van der Waals surface area contributed by atoms with E-state index in [1.807, 2.05) is 68.4 Å². The quantitative estimate of drug-likeness (QED) is 0.519. The van der Waals surface area contributed by atoms with E-state index in [1.54, 1.807) is 0 Å². The van der Waals surface area contributed by atoms with Crippen LogP contribution in [0.2, 0.25) is 0 Å². The Morgan fingerprint density at radius 2 is 1.35 bits per heavy atom. The summed E-state index contributed by atoms with van der Waals surface area (Å²) in [7, 11) is 0.115. The number of benzene rings is 3. The topological polar surface area (TPSA) is 26.3 Å². The first-order valence-corrected chi connectivity index (χ1v) is 9.25. The van der Waals surface area contributed by atoms with Gasteiger partial charge in [-0.25, -0.2) is 0 Å². The number of para-hydroxylation sites is 1. The van der Waals surface area contributed by atoms with Crippen LogP contribution in [0.1, 0.15) is 27.0 Å². The number of ether oxygens (including phenoxy) is 1. The number of hydrogen-bond donors (Lipinski definition) is 0. The summed E-state index contributed by atoms with van der Waals surface area (Å²) in [5.41, 5.74) is 4.34. The van der Waals surface area contributed by atoms with Gasteiger partial charge in [0.15, 0.2) is 5.52 Å². The maximum atomic E-state index is 12.7. The molecule has 0 saturated heterocycles. The Balaban J connectivity index is 0.00000243. The van der Waals surface area contributed by atoms with E-state index < -0.39 is 0 Å². The van der Waals surface area contributed by atoms with Crippen molar-refractivity contribution in [3.05, 3.63) is 89.0 Å². The van der Waals surface area contributed by atoms with Gasteiger partial charge in [-0.3, -0.25) is 4.79 Å². The molecule has 3 aromatic rings. The van der Waals surface area contributed by atoms with Crippen LogP contribution in [0.15, 0.2) is 66.7 Å². The van der Waals surface area contributed by atoms with Crippen LogP contribution in [0.3, 0.4) is 0 Å². The largest absolute Gasteiger partial charge is 1.00 e. The summed E-state index contributed by atoms with van der Waals surface area (Å²) in [5.74, 6) is 1.58. The molecule has 2 nitrogen and oxygen atoms in total. The minimum absolute atomic E-state index is 0. The van der Waals surface area contributed by atoms with E-state index in [0.717, 1.165) is 33.5 Å². The summed E-state index contributed by atoms with van der Waals surface area (Å²) in [4.78, 5) is 12.7. The monoisotopic (exact) mass is 355 g/mol. The Hall–Kier alpha value is -1.84. The first-order chi connectivity index (χ1) is 12.0. The standard InChI is InChI=1S/C22H21O2P.Li/c1-15-13-16(2)21(17(3)14-15)22(23)25-20-11-9-19(10-12-20)24-18-7-5-4-6-8-18;/h4-14,25H,1-3H3;/q;+1. The van der Waals surface area contributed by atoms with Crippen molar-refractivity contribution in [1.29, 1.82) is 0 Å². The Kier molecular flexibility index (Phi) is 7.24. The van der Waals surface area contributed by atoms with Gasteiger partial charge in [0.05, 0.1) is 0 Å². The van der Waals surface area contributed by atoms with E-state index in [9.17, 15) is 4.79 Å². The average Bonchev–Trinajstić information content (AvgIpc) is 2.56. The van der Waals surface area contributed by atoms with Gasteiger partial charge in [0.25, 0.3) is 0 Å². The van der Waals surface area contributed by atoms with Crippen LogP contribution >= 0.6 is 8.58 Å². The van der Waals surface area contributed by atoms with Crippen molar-refractivity contribution in [2.24, 2.45) is 0 Å². The summed E-state index contributed by atoms with van der Waals surface area (Å²) >= 11 is 0. The molecule has 0 saturated carbocycles. The number of rotatable bonds is 5. The molecule has 0 heterocycles. The maximum absolute atomic E-state index is 12.7. The second-order valence-electron chi connectivity index (χ2n) is 6.17. The van der Waals surface area contributed by atoms with Crippen molar-refractivity contribution < 1.29 is 28.4 Å². The van der Waals surface area contributed by atoms with Gasteiger partial charge in [0, 0.05) is 5.56 Å². The predicted molar refractivity (Wildman–Crippen MR) is 106 cm³/mol. The molecule has 0 amide bonds. The van der Waals surface area contributed by atoms with Gasteiger partial charge in [-0.05, 0) is 70.0 Å². The number of carbonyl (C=O) groups excluding carboxylic acids is 1. The molecule has 0 fully saturated rings. The molecule has 1 atom stereocenters. The Morgan fingerprint density at radius 1 is 0.808 bits per heavy atom. The van der Waals surface area contributed by atoms with E-state index in [1.165, 1.54) is 5.56 Å². The van der Waals surface area contributed by atoms with Crippen LogP contribution in [0, 0.1) is 20.8 Å². The van der Waals surface area contributed by atoms with Crippen LogP contribution in [0.25, 0.3) is 0 Å². The van der Waals surface area contributed by atoms with Crippen LogP contribution in [0.4, 0.5) is 0 Å². The van der Waals surface area contributed by atoms with Gasteiger partial charge in [-0.2, -0.15) is 0 Å². The fourth-order valence-corrected chi connectivity index (χ4v) is 4.08. The molecule has 4 heteroatoms. The molecule has 3 aromatic carbocycles. The maximum Gasteiger partial charge on any atom is 1.00 e. The third-order valence-corrected chi connectivity index (χ3v) is 5.09. The van der Waals surface area contributed by atoms with E-state index >= 15 is 0 Å². The van der Waals surface area contributed by atoms with E-state index in [2.05, 4.69) is 19.1 Å². The van der Waals surface area contributed by atoms with Crippen molar-refractivity contribution >= 4 is 19.4 Å². The molecule has 0 spiro atoms. The fourth-order valence-electron chi connectivity index (χ4n) is 2.96. The van der Waals surface area contributed by atoms with Crippen LogP contribution in [-0.4, -0.2) is 5.52 Å². The van der Waals surface area contributed by atoms with Crippen molar-refractivity contribution in [2.75, 3.05) is 0 Å². The minimum Gasteiger partial charge on any atom is -0.457 e. The van der Waals surface area contributed by atoms with Gasteiger partial charge >= 0.3 is 18.9 Å². The van der Waals surface area contributed by atoms with Crippen molar-refractivity contribution in [1.82, 2.24) is 0 Å². The molecule has 3 rings (SSSR count). The molecule has 1 unspecified atom stereocenters. The average molecular weight is 355 g/mol. The summed E-state index contributed by atoms with van der Waals surface area (Å²) in [5, 5.41) is 1.02. The molecule has 0 radical (unpaired) electrons. The van der Waals surface area contributed by atoms with Crippen LogP contribution in [-0.2, 0) is 0 Å². The van der Waals surface area contributed by atoms with Gasteiger partial charge in [-0.15, -0.1) is 0 Å². The predicted octanol–water partition coefficient (Wildman–Crippen LogP) is 2.55. The fraction of sp³-hybridized carbons (Fsp3) is 0.136. The van der Waals surface area contributed by atoms with Crippen molar-refractivity contribution in [3.8, 4) is 11.5 Å². The van der Waals surface area contributed by atoms with E-state index in [0.29, 0.717) is 0 Å². The number of hydrogen-bond acceptors (Lipinski definition) is 2. The second kappa shape index (κ2) is 9.20. The van der Waals surface area contributed by atoms with Crippen LogP contribution in [0.5, 0.6) is 11.5 Å². The Morgan fingerprint density at radius 3 is 1.92 bits per heavy atom. The third-order valence-electron chi connectivity index (χ3n) is 4.00. The molecule has 0 aromatic heterocycles. The summed E-state index contributed by atoms with van der Waals surface area (Å²) in [6.45, 7) is 6.07. The Bertz CT molecular complexity index is 867. The van der Waals surface area contributed by atoms with Crippen molar-refractivity contribution in [2.45, 2.75) is 20.8 Å².